The van der Waals surface area contributed by atoms with Crippen molar-refractivity contribution in [2.24, 2.45) is 11.8 Å². The minimum absolute atomic E-state index is 0.353. The number of hydrogen-bond acceptors (Lipinski definition) is 3. The molecule has 0 aliphatic heterocycles. The van der Waals surface area contributed by atoms with Crippen molar-refractivity contribution in [3.63, 3.8) is 0 Å². The van der Waals surface area contributed by atoms with Crippen LogP contribution in [0.5, 0.6) is 5.75 Å². The number of nitrogens with zero attached hydrogens (tertiary/aromatic N) is 1. The van der Waals surface area contributed by atoms with Gasteiger partial charge in [-0.15, -0.1) is 0 Å². The minimum Gasteiger partial charge on any atom is -0.488 e. The molecule has 0 bridgehead atoms. The predicted molar refractivity (Wildman–Crippen MR) is 78.3 cm³/mol. The molecule has 1 aromatic heterocycles. The lowest BCUT2D eigenvalue weighted by Crippen LogP contribution is -2.29. The van der Waals surface area contributed by atoms with Crippen molar-refractivity contribution in [1.82, 2.24) is 10.3 Å². The van der Waals surface area contributed by atoms with Crippen molar-refractivity contribution in [2.75, 3.05) is 7.05 Å². The zero-order valence-corrected chi connectivity index (χ0v) is 12.6. The van der Waals surface area contributed by atoms with E-state index < -0.39 is 0 Å². The van der Waals surface area contributed by atoms with Crippen molar-refractivity contribution < 1.29 is 4.74 Å². The summed E-state index contributed by atoms with van der Waals surface area (Å²) in [5, 5.41) is 3.16. The second kappa shape index (κ2) is 6.38. The number of aromatic nitrogens is 1. The van der Waals surface area contributed by atoms with Crippen LogP contribution in [0.25, 0.3) is 0 Å². The molecule has 0 spiro atoms. The molecule has 3 atom stereocenters. The zero-order chi connectivity index (χ0) is 13.8. The molecular formula is C16H26N2O. The molecular weight excluding hydrogens is 236 g/mol. The Labute approximate surface area is 116 Å². The van der Waals surface area contributed by atoms with Crippen LogP contribution in [0.4, 0.5) is 0 Å². The third-order valence-electron chi connectivity index (χ3n) is 4.26. The quantitative estimate of drug-likeness (QED) is 0.904. The Morgan fingerprint density at radius 1 is 1.26 bits per heavy atom. The molecule has 3 unspecified atom stereocenters. The number of rotatable bonds is 4. The molecule has 1 aromatic rings. The van der Waals surface area contributed by atoms with Gasteiger partial charge >= 0.3 is 0 Å². The van der Waals surface area contributed by atoms with Gasteiger partial charge in [-0.3, -0.25) is 4.98 Å². The van der Waals surface area contributed by atoms with Gasteiger partial charge in [0.15, 0.2) is 0 Å². The maximum atomic E-state index is 6.21. The summed E-state index contributed by atoms with van der Waals surface area (Å²) in [4.78, 5) is 4.57. The summed E-state index contributed by atoms with van der Waals surface area (Å²) in [6.07, 6.45) is 3.95. The summed E-state index contributed by atoms with van der Waals surface area (Å²) in [5.41, 5.74) is 2.07. The summed E-state index contributed by atoms with van der Waals surface area (Å²) in [7, 11) is 1.94. The third-order valence-corrected chi connectivity index (χ3v) is 4.26. The Hall–Kier alpha value is -1.09. The van der Waals surface area contributed by atoms with Crippen LogP contribution < -0.4 is 10.1 Å². The van der Waals surface area contributed by atoms with Crippen LogP contribution in [0.2, 0.25) is 0 Å². The van der Waals surface area contributed by atoms with Gasteiger partial charge in [-0.05, 0) is 57.2 Å². The van der Waals surface area contributed by atoms with E-state index in [1.807, 2.05) is 20.0 Å². The van der Waals surface area contributed by atoms with Gasteiger partial charge in [0, 0.05) is 12.2 Å². The van der Waals surface area contributed by atoms with Crippen molar-refractivity contribution >= 4 is 0 Å². The molecule has 2 rings (SSSR count). The molecule has 1 aliphatic carbocycles. The lowest BCUT2D eigenvalue weighted by molar-refractivity contribution is 0.0991. The molecule has 0 amide bonds. The number of aryl methyl sites for hydroxylation is 1. The van der Waals surface area contributed by atoms with Gasteiger partial charge in [0.2, 0.25) is 0 Å². The first kappa shape index (κ1) is 14.3. The zero-order valence-electron chi connectivity index (χ0n) is 12.6. The fourth-order valence-electron chi connectivity index (χ4n) is 2.78. The van der Waals surface area contributed by atoms with Crippen LogP contribution >= 0.6 is 0 Å². The molecule has 1 heterocycles. The number of pyridine rings is 1. The van der Waals surface area contributed by atoms with Gasteiger partial charge in [0.05, 0.1) is 11.8 Å². The number of hydrogen-bond donors (Lipinski definition) is 1. The highest BCUT2D eigenvalue weighted by Gasteiger charge is 2.26. The molecule has 3 heteroatoms. The van der Waals surface area contributed by atoms with Crippen molar-refractivity contribution in [2.45, 2.75) is 52.7 Å². The molecule has 19 heavy (non-hydrogen) atoms. The third kappa shape index (κ3) is 3.69. The maximum Gasteiger partial charge on any atom is 0.142 e. The largest absolute Gasteiger partial charge is 0.488 e. The highest BCUT2D eigenvalue weighted by molar-refractivity contribution is 5.29. The smallest absolute Gasteiger partial charge is 0.142 e. The second-order valence-corrected chi connectivity index (χ2v) is 5.94. The van der Waals surface area contributed by atoms with Gasteiger partial charge in [-0.25, -0.2) is 0 Å². The van der Waals surface area contributed by atoms with Crippen LogP contribution in [-0.4, -0.2) is 18.1 Å². The average molecular weight is 262 g/mol. The first-order chi connectivity index (χ1) is 9.10. The Bertz CT molecular complexity index is 419. The van der Waals surface area contributed by atoms with E-state index in [-0.39, 0.29) is 0 Å². The van der Waals surface area contributed by atoms with Crippen molar-refractivity contribution in [3.8, 4) is 5.75 Å². The molecule has 0 radical (unpaired) electrons. The lowest BCUT2D eigenvalue weighted by Gasteiger charge is -2.32. The highest BCUT2D eigenvalue weighted by atomic mass is 16.5. The summed E-state index contributed by atoms with van der Waals surface area (Å²) >= 11 is 0. The van der Waals surface area contributed by atoms with Crippen LogP contribution in [0.3, 0.4) is 0 Å². The summed E-state index contributed by atoms with van der Waals surface area (Å²) < 4.78 is 6.21. The van der Waals surface area contributed by atoms with Crippen LogP contribution in [0.1, 0.15) is 44.5 Å². The van der Waals surface area contributed by atoms with Gasteiger partial charge in [-0.2, -0.15) is 0 Å². The van der Waals surface area contributed by atoms with Crippen LogP contribution in [-0.2, 0) is 6.54 Å². The number of ether oxygens (including phenoxy) is 1. The number of nitrogens with one attached hydrogen (secondary N) is 1. The van der Waals surface area contributed by atoms with Gasteiger partial charge in [0.25, 0.3) is 0 Å². The monoisotopic (exact) mass is 262 g/mol. The fraction of sp³-hybridized carbons (Fsp3) is 0.688. The van der Waals surface area contributed by atoms with E-state index in [9.17, 15) is 0 Å². The van der Waals surface area contributed by atoms with E-state index in [1.54, 1.807) is 0 Å². The maximum absolute atomic E-state index is 6.21. The van der Waals surface area contributed by atoms with E-state index in [0.717, 1.165) is 41.9 Å². The molecule has 0 aromatic carbocycles. The SMILES string of the molecule is CNCc1nc(C)ccc1OC1CCC(C)C(C)C1. The normalized spacial score (nSPS) is 27.3. The predicted octanol–water partition coefficient (Wildman–Crippen LogP) is 3.31. The van der Waals surface area contributed by atoms with Gasteiger partial charge < -0.3 is 10.1 Å². The van der Waals surface area contributed by atoms with E-state index in [0.29, 0.717) is 6.10 Å². The van der Waals surface area contributed by atoms with Crippen LogP contribution in [0.15, 0.2) is 12.1 Å². The lowest BCUT2D eigenvalue weighted by atomic mass is 9.80. The van der Waals surface area contributed by atoms with Crippen molar-refractivity contribution in [3.05, 3.63) is 23.5 Å². The molecule has 1 aliphatic rings. The summed E-state index contributed by atoms with van der Waals surface area (Å²) in [6.45, 7) is 7.46. The van der Waals surface area contributed by atoms with Gasteiger partial charge in [-0.1, -0.05) is 13.8 Å². The summed E-state index contributed by atoms with van der Waals surface area (Å²) in [5.74, 6) is 2.53. The van der Waals surface area contributed by atoms with Gasteiger partial charge in [0.1, 0.15) is 5.75 Å². The minimum atomic E-state index is 0.353. The first-order valence-corrected chi connectivity index (χ1v) is 7.38. The fourth-order valence-corrected chi connectivity index (χ4v) is 2.78. The molecule has 1 N–H and O–H groups in total. The first-order valence-electron chi connectivity index (χ1n) is 7.38. The Kier molecular flexibility index (Phi) is 4.81. The molecule has 1 saturated carbocycles. The van der Waals surface area contributed by atoms with E-state index in [4.69, 9.17) is 4.74 Å². The molecule has 1 fully saturated rings. The Balaban J connectivity index is 2.06. The van der Waals surface area contributed by atoms with E-state index >= 15 is 0 Å². The van der Waals surface area contributed by atoms with Crippen LogP contribution in [0, 0.1) is 18.8 Å². The molecule has 3 nitrogen and oxygen atoms in total. The standard InChI is InChI=1S/C16H26N2O/c1-11-5-7-14(9-12(11)2)19-16-8-6-13(3)18-15(16)10-17-4/h6,8,11-12,14,17H,5,7,9-10H2,1-4H3. The Morgan fingerprint density at radius 2 is 2.05 bits per heavy atom. The van der Waals surface area contributed by atoms with E-state index in [1.165, 1.54) is 12.8 Å². The Morgan fingerprint density at radius 3 is 2.74 bits per heavy atom. The topological polar surface area (TPSA) is 34.2 Å². The summed E-state index contributed by atoms with van der Waals surface area (Å²) in [6, 6.07) is 4.10. The molecule has 106 valence electrons. The second-order valence-electron chi connectivity index (χ2n) is 5.94. The van der Waals surface area contributed by atoms with E-state index in [2.05, 4.69) is 30.2 Å². The van der Waals surface area contributed by atoms with Crippen molar-refractivity contribution in [1.29, 1.82) is 0 Å². The molecule has 0 saturated heterocycles. The average Bonchev–Trinajstić information content (AvgIpc) is 2.37. The highest BCUT2D eigenvalue weighted by Crippen LogP contribution is 2.32.